The molecule has 2 aromatic rings. The first-order valence-electron chi connectivity index (χ1n) is 10.3. The van der Waals surface area contributed by atoms with Gasteiger partial charge < -0.3 is 0 Å². The van der Waals surface area contributed by atoms with E-state index in [-0.39, 0.29) is 10.7 Å². The minimum absolute atomic E-state index is 0.0774. The first-order chi connectivity index (χ1) is 14.8. The number of halogens is 2. The zero-order chi connectivity index (χ0) is 22.6. The fraction of sp³-hybridized carbons (Fsp3) is 0.280. The maximum Gasteiger partial charge on any atom is 0.264 e. The summed E-state index contributed by atoms with van der Waals surface area (Å²) >= 11 is 0. The molecule has 6 heteroatoms. The molecule has 0 aliphatic carbocycles. The largest absolute Gasteiger partial charge is 0.264 e. The van der Waals surface area contributed by atoms with Crippen LogP contribution in [0.1, 0.15) is 36.5 Å². The summed E-state index contributed by atoms with van der Waals surface area (Å²) in [6, 6.07) is 8.89. The van der Waals surface area contributed by atoms with Gasteiger partial charge in [-0.2, -0.15) is 0 Å². The highest BCUT2D eigenvalue weighted by molar-refractivity contribution is 7.96. The molecule has 3 rings (SSSR count). The molecule has 0 aromatic heterocycles. The van der Waals surface area contributed by atoms with E-state index >= 15 is 0 Å². The van der Waals surface area contributed by atoms with Crippen molar-refractivity contribution in [2.45, 2.75) is 45.6 Å². The number of aryl methyl sites for hydroxylation is 3. The van der Waals surface area contributed by atoms with Crippen molar-refractivity contribution in [3.8, 4) is 0 Å². The Morgan fingerprint density at radius 2 is 2.00 bits per heavy atom. The van der Waals surface area contributed by atoms with Crippen molar-refractivity contribution in [2.24, 2.45) is 0 Å². The normalized spacial score (nSPS) is 17.1. The Balaban J connectivity index is 2.03. The van der Waals surface area contributed by atoms with E-state index in [0.29, 0.717) is 36.9 Å². The number of fused-ring (bicyclic) bond motifs is 1. The first kappa shape index (κ1) is 22.9. The van der Waals surface area contributed by atoms with Crippen LogP contribution in [-0.2, 0) is 22.9 Å². The number of sulfonamides is 1. The van der Waals surface area contributed by atoms with Gasteiger partial charge in [-0.15, -0.1) is 0 Å². The molecule has 0 saturated carbocycles. The van der Waals surface area contributed by atoms with Gasteiger partial charge in [0.2, 0.25) is 0 Å². The van der Waals surface area contributed by atoms with Crippen molar-refractivity contribution in [1.29, 1.82) is 0 Å². The average molecular weight is 444 g/mol. The molecular weight excluding hydrogens is 416 g/mol. The Hall–Kier alpha value is -2.73. The third-order valence-corrected chi connectivity index (χ3v) is 7.37. The summed E-state index contributed by atoms with van der Waals surface area (Å²) in [6.07, 6.45) is 8.00. The molecule has 0 amide bonds. The number of anilines is 1. The third kappa shape index (κ3) is 4.96. The second-order valence-electron chi connectivity index (χ2n) is 7.70. The van der Waals surface area contributed by atoms with Crippen LogP contribution < -0.4 is 4.31 Å². The van der Waals surface area contributed by atoms with E-state index in [9.17, 15) is 17.2 Å². The maximum atomic E-state index is 14.3. The minimum Gasteiger partial charge on any atom is -0.263 e. The van der Waals surface area contributed by atoms with E-state index < -0.39 is 21.9 Å². The second kappa shape index (κ2) is 9.60. The quantitative estimate of drug-likeness (QED) is 0.492. The van der Waals surface area contributed by atoms with Gasteiger partial charge in [-0.25, -0.2) is 17.2 Å². The first-order valence-corrected chi connectivity index (χ1v) is 11.7. The van der Waals surface area contributed by atoms with E-state index in [1.807, 2.05) is 13.0 Å². The van der Waals surface area contributed by atoms with Gasteiger partial charge in [0, 0.05) is 6.04 Å². The van der Waals surface area contributed by atoms with Crippen LogP contribution in [0.25, 0.3) is 0 Å². The molecule has 1 unspecified atom stereocenters. The summed E-state index contributed by atoms with van der Waals surface area (Å²) in [5.41, 5.74) is 2.50. The molecular formula is C25H27F2NO2S. The van der Waals surface area contributed by atoms with Crippen LogP contribution in [0.15, 0.2) is 72.2 Å². The number of rotatable bonds is 7. The van der Waals surface area contributed by atoms with E-state index in [0.717, 1.165) is 11.1 Å². The molecule has 1 aliphatic rings. The maximum absolute atomic E-state index is 14.3. The molecule has 0 bridgehead atoms. The van der Waals surface area contributed by atoms with Crippen LogP contribution in [0.3, 0.4) is 0 Å². The monoisotopic (exact) mass is 443 g/mol. The molecule has 31 heavy (non-hydrogen) atoms. The van der Waals surface area contributed by atoms with Crippen LogP contribution in [0.2, 0.25) is 0 Å². The Kier molecular flexibility index (Phi) is 7.11. The van der Waals surface area contributed by atoms with Crippen molar-refractivity contribution in [1.82, 2.24) is 0 Å². The van der Waals surface area contributed by atoms with E-state index in [2.05, 4.69) is 6.58 Å². The predicted molar refractivity (Wildman–Crippen MR) is 122 cm³/mol. The van der Waals surface area contributed by atoms with E-state index in [4.69, 9.17) is 0 Å². The number of hydrogen-bond acceptors (Lipinski definition) is 2. The highest BCUT2D eigenvalue weighted by Crippen LogP contribution is 2.37. The Morgan fingerprint density at radius 1 is 1.23 bits per heavy atom. The van der Waals surface area contributed by atoms with Gasteiger partial charge in [0.15, 0.2) is 0 Å². The van der Waals surface area contributed by atoms with Crippen LogP contribution >= 0.6 is 0 Å². The molecule has 1 aliphatic heterocycles. The van der Waals surface area contributed by atoms with Gasteiger partial charge in [0.25, 0.3) is 10.0 Å². The predicted octanol–water partition coefficient (Wildman–Crippen LogP) is 6.00. The fourth-order valence-electron chi connectivity index (χ4n) is 3.98. The van der Waals surface area contributed by atoms with Gasteiger partial charge in [0.1, 0.15) is 11.6 Å². The highest BCUT2D eigenvalue weighted by atomic mass is 32.2. The van der Waals surface area contributed by atoms with Crippen LogP contribution in [-0.4, -0.2) is 14.5 Å². The summed E-state index contributed by atoms with van der Waals surface area (Å²) in [6.45, 7) is 7.17. The van der Waals surface area contributed by atoms with Gasteiger partial charge in [0.05, 0.1) is 10.6 Å². The molecule has 164 valence electrons. The standard InChI is InChI=1S/C25H27F2NO2S/c1-4-6-23(7-5-2)31(29,30)28-22(14-11-19-9-8-18(3)16-24(19)27)15-12-20-10-13-21(26)17-25(20)28/h4-10,13,16-17,22H,1,11-12,14-15H2,2-3H3/b7-5-,23-6+. The highest BCUT2D eigenvalue weighted by Gasteiger charge is 2.36. The van der Waals surface area contributed by atoms with Gasteiger partial charge in [-0.05, 0) is 86.6 Å². The molecule has 1 heterocycles. The lowest BCUT2D eigenvalue weighted by Gasteiger charge is -2.38. The van der Waals surface area contributed by atoms with E-state index in [1.54, 1.807) is 25.1 Å². The van der Waals surface area contributed by atoms with Crippen LogP contribution in [0, 0.1) is 18.6 Å². The van der Waals surface area contributed by atoms with Crippen LogP contribution in [0.4, 0.5) is 14.5 Å². The molecule has 0 saturated heterocycles. The number of benzene rings is 2. The smallest absolute Gasteiger partial charge is 0.263 e. The van der Waals surface area contributed by atoms with Gasteiger partial charge >= 0.3 is 0 Å². The third-order valence-electron chi connectivity index (χ3n) is 5.49. The van der Waals surface area contributed by atoms with Crippen molar-refractivity contribution in [3.05, 3.63) is 101 Å². The molecule has 0 spiro atoms. The number of nitrogens with zero attached hydrogens (tertiary/aromatic N) is 1. The van der Waals surface area contributed by atoms with E-state index in [1.165, 1.54) is 40.7 Å². The molecule has 1 atom stereocenters. The van der Waals surface area contributed by atoms with Crippen LogP contribution in [0.5, 0.6) is 0 Å². The molecule has 2 aromatic carbocycles. The summed E-state index contributed by atoms with van der Waals surface area (Å²) in [5.74, 6) is -0.790. The summed E-state index contributed by atoms with van der Waals surface area (Å²) in [7, 11) is -3.97. The fourth-order valence-corrected chi connectivity index (χ4v) is 5.81. The SMILES string of the molecule is C=C/C=C(\C=C/C)S(=O)(=O)N1c2cc(F)ccc2CCC1CCc1ccc(C)cc1F. The molecule has 3 nitrogen and oxygen atoms in total. The average Bonchev–Trinajstić information content (AvgIpc) is 2.72. The summed E-state index contributed by atoms with van der Waals surface area (Å²) in [5, 5.41) is 0. The molecule has 0 fully saturated rings. The topological polar surface area (TPSA) is 37.4 Å². The number of hydrogen-bond donors (Lipinski definition) is 0. The van der Waals surface area contributed by atoms with Crippen molar-refractivity contribution >= 4 is 15.7 Å². The van der Waals surface area contributed by atoms with Crippen molar-refractivity contribution in [2.75, 3.05) is 4.31 Å². The van der Waals surface area contributed by atoms with Gasteiger partial charge in [-0.3, -0.25) is 4.31 Å². The van der Waals surface area contributed by atoms with Gasteiger partial charge in [-0.1, -0.05) is 36.9 Å². The zero-order valence-corrected chi connectivity index (χ0v) is 18.6. The lowest BCUT2D eigenvalue weighted by molar-refractivity contribution is 0.518. The Morgan fingerprint density at radius 3 is 2.68 bits per heavy atom. The molecule has 0 radical (unpaired) electrons. The zero-order valence-electron chi connectivity index (χ0n) is 17.8. The lowest BCUT2D eigenvalue weighted by Crippen LogP contribution is -2.44. The Bertz CT molecular complexity index is 1140. The second-order valence-corrected chi connectivity index (χ2v) is 9.52. The molecule has 0 N–H and O–H groups in total. The Labute approximate surface area is 183 Å². The van der Waals surface area contributed by atoms with Crippen molar-refractivity contribution < 1.29 is 17.2 Å². The minimum atomic E-state index is -3.97. The lowest BCUT2D eigenvalue weighted by atomic mass is 9.93. The summed E-state index contributed by atoms with van der Waals surface area (Å²) < 4.78 is 57.0. The van der Waals surface area contributed by atoms with Crippen molar-refractivity contribution in [3.63, 3.8) is 0 Å². The summed E-state index contributed by atoms with van der Waals surface area (Å²) in [4.78, 5) is 0.0774. The number of allylic oxidation sites excluding steroid dienone is 4.